The van der Waals surface area contributed by atoms with Crippen molar-refractivity contribution in [3.8, 4) is 5.69 Å². The van der Waals surface area contributed by atoms with Crippen molar-refractivity contribution in [3.63, 3.8) is 0 Å². The normalized spacial score (nSPS) is 19.9. The molecule has 2 atom stereocenters. The van der Waals surface area contributed by atoms with Crippen molar-refractivity contribution in [2.75, 3.05) is 13.7 Å². The Bertz CT molecular complexity index is 876. The molecule has 1 fully saturated rings. The van der Waals surface area contributed by atoms with E-state index in [1.54, 1.807) is 22.7 Å². The van der Waals surface area contributed by atoms with Crippen molar-refractivity contribution in [2.24, 2.45) is 0 Å². The van der Waals surface area contributed by atoms with Crippen LogP contribution >= 0.6 is 11.6 Å². The van der Waals surface area contributed by atoms with Crippen LogP contribution in [0.1, 0.15) is 47.9 Å². The monoisotopic (exact) mass is 391 g/mol. The molecule has 1 aliphatic heterocycles. The summed E-state index contributed by atoms with van der Waals surface area (Å²) in [6.45, 7) is 2.75. The van der Waals surface area contributed by atoms with Gasteiger partial charge in [0.25, 0.3) is 5.91 Å². The van der Waals surface area contributed by atoms with Crippen LogP contribution in [0.3, 0.4) is 0 Å². The molecule has 2 heterocycles. The van der Waals surface area contributed by atoms with Gasteiger partial charge in [-0.25, -0.2) is 9.07 Å². The molecule has 1 saturated heterocycles. The average molecular weight is 392 g/mol. The zero-order chi connectivity index (χ0) is 19.1. The van der Waals surface area contributed by atoms with Gasteiger partial charge < -0.3 is 9.64 Å². The third-order valence-electron chi connectivity index (χ3n) is 5.70. The molecule has 1 aromatic carbocycles. The number of benzene rings is 1. The summed E-state index contributed by atoms with van der Waals surface area (Å²) in [5.41, 5.74) is 2.52. The number of carbonyl (C=O) groups is 1. The minimum absolute atomic E-state index is 0.0369. The summed E-state index contributed by atoms with van der Waals surface area (Å²) >= 11 is 6.05. The molecule has 0 spiro atoms. The molecule has 2 aromatic rings. The zero-order valence-electron chi connectivity index (χ0n) is 15.5. The first-order valence-corrected chi connectivity index (χ1v) is 9.80. The van der Waals surface area contributed by atoms with Gasteiger partial charge in [-0.1, -0.05) is 11.6 Å². The van der Waals surface area contributed by atoms with Crippen molar-refractivity contribution in [1.82, 2.24) is 14.7 Å². The van der Waals surface area contributed by atoms with E-state index in [0.29, 0.717) is 10.7 Å². The second-order valence-corrected chi connectivity index (χ2v) is 7.78. The van der Waals surface area contributed by atoms with Crippen LogP contribution in [0, 0.1) is 5.82 Å². The second kappa shape index (κ2) is 7.24. The van der Waals surface area contributed by atoms with E-state index in [4.69, 9.17) is 16.3 Å². The van der Waals surface area contributed by atoms with Crippen LogP contribution in [0.15, 0.2) is 18.2 Å². The van der Waals surface area contributed by atoms with Crippen LogP contribution < -0.4 is 0 Å². The highest BCUT2D eigenvalue weighted by Crippen LogP contribution is 2.31. The number of rotatable bonds is 4. The highest BCUT2D eigenvalue weighted by atomic mass is 35.5. The summed E-state index contributed by atoms with van der Waals surface area (Å²) < 4.78 is 21.7. The van der Waals surface area contributed by atoms with Crippen LogP contribution in [0.4, 0.5) is 4.39 Å². The van der Waals surface area contributed by atoms with Gasteiger partial charge in [-0.05, 0) is 57.2 Å². The fourth-order valence-corrected chi connectivity index (χ4v) is 4.21. The van der Waals surface area contributed by atoms with Crippen molar-refractivity contribution >= 4 is 17.5 Å². The molecular formula is C20H23ClFN3O2. The first kappa shape index (κ1) is 18.4. The van der Waals surface area contributed by atoms with Gasteiger partial charge in [0.05, 0.1) is 12.1 Å². The Morgan fingerprint density at radius 1 is 1.41 bits per heavy atom. The highest BCUT2D eigenvalue weighted by Gasteiger charge is 2.33. The van der Waals surface area contributed by atoms with Gasteiger partial charge in [0, 0.05) is 29.9 Å². The van der Waals surface area contributed by atoms with Gasteiger partial charge in [0.2, 0.25) is 0 Å². The summed E-state index contributed by atoms with van der Waals surface area (Å²) in [7, 11) is 1.79. The summed E-state index contributed by atoms with van der Waals surface area (Å²) in [5, 5.41) is 4.96. The maximum absolute atomic E-state index is 14.4. The third-order valence-corrected chi connectivity index (χ3v) is 5.94. The molecule has 2 unspecified atom stereocenters. The second-order valence-electron chi connectivity index (χ2n) is 7.34. The lowest BCUT2D eigenvalue weighted by atomic mass is 10.1. The minimum Gasteiger partial charge on any atom is -0.376 e. The number of carbonyl (C=O) groups excluding carboxylic acids is 1. The van der Waals surface area contributed by atoms with Gasteiger partial charge in [-0.2, -0.15) is 5.10 Å². The lowest BCUT2D eigenvalue weighted by Gasteiger charge is -2.28. The molecule has 1 amide bonds. The fraction of sp³-hybridized carbons (Fsp3) is 0.500. The lowest BCUT2D eigenvalue weighted by Crippen LogP contribution is -2.42. The predicted octanol–water partition coefficient (Wildman–Crippen LogP) is 3.79. The molecule has 27 heavy (non-hydrogen) atoms. The number of hydrogen-bond donors (Lipinski definition) is 0. The Kier molecular flexibility index (Phi) is 4.95. The quantitative estimate of drug-likeness (QED) is 0.796. The number of nitrogens with zero attached hydrogens (tertiary/aromatic N) is 3. The molecule has 4 rings (SSSR count). The van der Waals surface area contributed by atoms with Crippen LogP contribution in [-0.2, 0) is 17.6 Å². The molecule has 0 bridgehead atoms. The number of ether oxygens (including phenoxy) is 1. The van der Waals surface area contributed by atoms with E-state index >= 15 is 0 Å². The lowest BCUT2D eigenvalue weighted by molar-refractivity contribution is 0.0336. The number of fused-ring (bicyclic) bond motifs is 1. The number of likely N-dealkylation sites (N-methyl/N-ethyl adjacent to an activating group) is 1. The Labute approximate surface area is 163 Å². The van der Waals surface area contributed by atoms with Crippen molar-refractivity contribution < 1.29 is 13.9 Å². The smallest absolute Gasteiger partial charge is 0.274 e. The average Bonchev–Trinajstić information content (AvgIpc) is 3.39. The van der Waals surface area contributed by atoms with Crippen molar-refractivity contribution in [1.29, 1.82) is 0 Å². The molecule has 144 valence electrons. The standard InChI is InChI=1S/C20H23ClFN3O2/c1-12(18-7-4-10-27-18)24(2)20(26)19-14-5-3-6-16(14)25(23-19)17-11-13(21)8-9-15(17)22/h8-9,11-12,18H,3-7,10H2,1-2H3. The topological polar surface area (TPSA) is 47.4 Å². The van der Waals surface area contributed by atoms with Crippen molar-refractivity contribution in [3.05, 3.63) is 46.0 Å². The summed E-state index contributed by atoms with van der Waals surface area (Å²) in [6.07, 6.45) is 4.52. The highest BCUT2D eigenvalue weighted by molar-refractivity contribution is 6.30. The first-order chi connectivity index (χ1) is 13.0. The molecule has 0 N–H and O–H groups in total. The van der Waals surface area contributed by atoms with Crippen LogP contribution in [0.2, 0.25) is 5.02 Å². The van der Waals surface area contributed by atoms with Gasteiger partial charge in [-0.3, -0.25) is 4.79 Å². The molecule has 5 nitrogen and oxygen atoms in total. The van der Waals surface area contributed by atoms with Crippen LogP contribution in [-0.4, -0.2) is 46.4 Å². The Balaban J connectivity index is 1.70. The van der Waals surface area contributed by atoms with Crippen molar-refractivity contribution in [2.45, 2.75) is 51.2 Å². The molecule has 1 aromatic heterocycles. The van der Waals surface area contributed by atoms with E-state index in [2.05, 4.69) is 5.10 Å². The van der Waals surface area contributed by atoms with Gasteiger partial charge in [0.1, 0.15) is 11.5 Å². The Hall–Kier alpha value is -1.92. The fourth-order valence-electron chi connectivity index (χ4n) is 4.04. The number of halogens is 2. The molecular weight excluding hydrogens is 369 g/mol. The van der Waals surface area contributed by atoms with E-state index in [1.807, 2.05) is 6.92 Å². The summed E-state index contributed by atoms with van der Waals surface area (Å²) in [5.74, 6) is -0.547. The Morgan fingerprint density at radius 2 is 2.22 bits per heavy atom. The molecule has 7 heteroatoms. The largest absolute Gasteiger partial charge is 0.376 e. The van der Waals surface area contributed by atoms with E-state index < -0.39 is 5.82 Å². The molecule has 2 aliphatic rings. The molecule has 0 saturated carbocycles. The van der Waals surface area contributed by atoms with E-state index in [-0.39, 0.29) is 23.7 Å². The SMILES string of the molecule is CC(C1CCCO1)N(C)C(=O)c1nn(-c2cc(Cl)ccc2F)c2c1CCC2. The van der Waals surface area contributed by atoms with Gasteiger partial charge in [-0.15, -0.1) is 0 Å². The third kappa shape index (κ3) is 3.25. The van der Waals surface area contributed by atoms with Crippen LogP contribution in [0.5, 0.6) is 0 Å². The molecule has 0 radical (unpaired) electrons. The molecule has 1 aliphatic carbocycles. The van der Waals surface area contributed by atoms with Gasteiger partial charge >= 0.3 is 0 Å². The summed E-state index contributed by atoms with van der Waals surface area (Å²) in [4.78, 5) is 14.9. The Morgan fingerprint density at radius 3 is 2.96 bits per heavy atom. The van der Waals surface area contributed by atoms with E-state index in [1.165, 1.54) is 12.1 Å². The van der Waals surface area contributed by atoms with Gasteiger partial charge in [0.15, 0.2) is 5.69 Å². The van der Waals surface area contributed by atoms with E-state index in [0.717, 1.165) is 50.0 Å². The number of amides is 1. The first-order valence-electron chi connectivity index (χ1n) is 9.42. The number of hydrogen-bond acceptors (Lipinski definition) is 3. The van der Waals surface area contributed by atoms with E-state index in [9.17, 15) is 9.18 Å². The van der Waals surface area contributed by atoms with Crippen LogP contribution in [0.25, 0.3) is 5.69 Å². The zero-order valence-corrected chi connectivity index (χ0v) is 16.3. The minimum atomic E-state index is -0.406. The number of aromatic nitrogens is 2. The maximum atomic E-state index is 14.4. The summed E-state index contributed by atoms with van der Waals surface area (Å²) in [6, 6.07) is 4.35. The maximum Gasteiger partial charge on any atom is 0.274 e. The predicted molar refractivity (Wildman–Crippen MR) is 101 cm³/mol.